The Bertz CT molecular complexity index is 348. The van der Waals surface area contributed by atoms with E-state index in [-0.39, 0.29) is 5.54 Å². The fraction of sp³-hybridized carbons (Fsp3) is 0.692. The van der Waals surface area contributed by atoms with Gasteiger partial charge in [0.2, 0.25) is 0 Å². The highest BCUT2D eigenvalue weighted by Crippen LogP contribution is 1.98. The molecule has 0 fully saturated rings. The van der Waals surface area contributed by atoms with Crippen LogP contribution in [0.5, 0.6) is 0 Å². The van der Waals surface area contributed by atoms with Crippen molar-refractivity contribution in [2.45, 2.75) is 46.2 Å². The molecule has 1 rings (SSSR count). The molecular weight excluding hydrogens is 226 g/mol. The van der Waals surface area contributed by atoms with Crippen molar-refractivity contribution in [1.29, 1.82) is 0 Å². The highest BCUT2D eigenvalue weighted by molar-refractivity contribution is 5.80. The van der Waals surface area contributed by atoms with Gasteiger partial charge in [-0.25, -0.2) is 0 Å². The lowest BCUT2D eigenvalue weighted by molar-refractivity contribution is 0.500. The number of aliphatic imine (C=N–C) groups is 1. The van der Waals surface area contributed by atoms with Crippen LogP contribution >= 0.6 is 0 Å². The van der Waals surface area contributed by atoms with Crippen LogP contribution in [0, 0.1) is 0 Å². The van der Waals surface area contributed by atoms with E-state index >= 15 is 0 Å². The Kier molecular flexibility index (Phi) is 5.68. The first-order chi connectivity index (χ1) is 8.51. The topological polar surface area (TPSA) is 54.2 Å². The van der Waals surface area contributed by atoms with Crippen molar-refractivity contribution in [3.05, 3.63) is 18.5 Å². The first kappa shape index (κ1) is 14.5. The standard InChI is InChI=1S/C13H25N5/c1-5-14-12(17-13(2,3)4)15-8-6-10-18-11-7-9-16-18/h7,9,11H,5-6,8,10H2,1-4H3,(H2,14,15,17). The molecule has 0 aromatic carbocycles. The lowest BCUT2D eigenvalue weighted by Crippen LogP contribution is -2.47. The fourth-order valence-electron chi connectivity index (χ4n) is 1.52. The highest BCUT2D eigenvalue weighted by Gasteiger charge is 2.11. The van der Waals surface area contributed by atoms with E-state index in [9.17, 15) is 0 Å². The van der Waals surface area contributed by atoms with Crippen molar-refractivity contribution < 1.29 is 0 Å². The molecule has 0 amide bonds. The molecule has 0 atom stereocenters. The summed E-state index contributed by atoms with van der Waals surface area (Å²) in [6.45, 7) is 11.0. The van der Waals surface area contributed by atoms with E-state index in [1.165, 1.54) is 0 Å². The predicted octanol–water partition coefficient (Wildman–Crippen LogP) is 1.63. The van der Waals surface area contributed by atoms with Gasteiger partial charge < -0.3 is 10.6 Å². The fourth-order valence-corrected chi connectivity index (χ4v) is 1.52. The van der Waals surface area contributed by atoms with E-state index < -0.39 is 0 Å². The third-order valence-corrected chi connectivity index (χ3v) is 2.21. The summed E-state index contributed by atoms with van der Waals surface area (Å²) in [5.74, 6) is 0.880. The maximum atomic E-state index is 4.55. The molecule has 18 heavy (non-hydrogen) atoms. The molecule has 0 spiro atoms. The number of aromatic nitrogens is 2. The van der Waals surface area contributed by atoms with Gasteiger partial charge in [-0.3, -0.25) is 9.67 Å². The van der Waals surface area contributed by atoms with Gasteiger partial charge in [-0.15, -0.1) is 0 Å². The second-order valence-corrected chi connectivity index (χ2v) is 5.26. The van der Waals surface area contributed by atoms with E-state index in [0.29, 0.717) is 0 Å². The normalized spacial score (nSPS) is 12.6. The quantitative estimate of drug-likeness (QED) is 0.475. The Morgan fingerprint density at radius 3 is 2.72 bits per heavy atom. The Balaban J connectivity index is 2.35. The number of nitrogens with zero attached hydrogens (tertiary/aromatic N) is 3. The zero-order valence-electron chi connectivity index (χ0n) is 11.9. The number of nitrogens with one attached hydrogen (secondary N) is 2. The smallest absolute Gasteiger partial charge is 0.191 e. The van der Waals surface area contributed by atoms with Gasteiger partial charge in [-0.2, -0.15) is 5.10 Å². The van der Waals surface area contributed by atoms with E-state index in [2.05, 4.69) is 48.4 Å². The number of aryl methyl sites for hydroxylation is 1. The van der Waals surface area contributed by atoms with Gasteiger partial charge in [0.05, 0.1) is 0 Å². The third-order valence-electron chi connectivity index (χ3n) is 2.21. The lowest BCUT2D eigenvalue weighted by Gasteiger charge is -2.23. The van der Waals surface area contributed by atoms with Gasteiger partial charge in [0, 0.05) is 37.6 Å². The van der Waals surface area contributed by atoms with Crippen LogP contribution in [0.15, 0.2) is 23.5 Å². The molecule has 102 valence electrons. The van der Waals surface area contributed by atoms with Crippen LogP contribution in [-0.4, -0.2) is 34.4 Å². The van der Waals surface area contributed by atoms with Crippen molar-refractivity contribution in [1.82, 2.24) is 20.4 Å². The van der Waals surface area contributed by atoms with Crippen molar-refractivity contribution in [2.24, 2.45) is 4.99 Å². The minimum Gasteiger partial charge on any atom is -0.357 e. The third kappa shape index (κ3) is 6.27. The lowest BCUT2D eigenvalue weighted by atomic mass is 10.1. The van der Waals surface area contributed by atoms with Crippen LogP contribution in [-0.2, 0) is 6.54 Å². The van der Waals surface area contributed by atoms with Gasteiger partial charge in [0.25, 0.3) is 0 Å². The second-order valence-electron chi connectivity index (χ2n) is 5.26. The van der Waals surface area contributed by atoms with Crippen LogP contribution in [0.1, 0.15) is 34.1 Å². The van der Waals surface area contributed by atoms with Crippen LogP contribution in [0.3, 0.4) is 0 Å². The van der Waals surface area contributed by atoms with E-state index in [1.54, 1.807) is 6.20 Å². The summed E-state index contributed by atoms with van der Waals surface area (Å²) in [5, 5.41) is 10.8. The molecule has 0 aliphatic carbocycles. The molecule has 5 nitrogen and oxygen atoms in total. The van der Waals surface area contributed by atoms with Crippen LogP contribution in [0.2, 0.25) is 0 Å². The SMILES string of the molecule is CCNC(=NCCCn1cccn1)NC(C)(C)C. The Labute approximate surface area is 110 Å². The minimum absolute atomic E-state index is 0.0307. The number of hydrogen-bond acceptors (Lipinski definition) is 2. The molecule has 2 N–H and O–H groups in total. The molecule has 5 heteroatoms. The van der Waals surface area contributed by atoms with E-state index in [0.717, 1.165) is 32.0 Å². The molecule has 0 aliphatic rings. The van der Waals surface area contributed by atoms with Crippen molar-refractivity contribution in [2.75, 3.05) is 13.1 Å². The summed E-state index contributed by atoms with van der Waals surface area (Å²) in [4.78, 5) is 4.55. The molecule has 0 saturated carbocycles. The minimum atomic E-state index is 0.0307. The maximum Gasteiger partial charge on any atom is 0.191 e. The summed E-state index contributed by atoms with van der Waals surface area (Å²) < 4.78 is 1.93. The van der Waals surface area contributed by atoms with Gasteiger partial charge in [-0.05, 0) is 40.2 Å². The first-order valence-electron chi connectivity index (χ1n) is 6.55. The van der Waals surface area contributed by atoms with Gasteiger partial charge >= 0.3 is 0 Å². The number of rotatable bonds is 5. The zero-order valence-corrected chi connectivity index (χ0v) is 11.9. The first-order valence-corrected chi connectivity index (χ1v) is 6.55. The molecule has 1 aromatic rings. The summed E-state index contributed by atoms with van der Waals surface area (Å²) in [6.07, 6.45) is 4.76. The summed E-state index contributed by atoms with van der Waals surface area (Å²) in [6, 6.07) is 1.94. The average molecular weight is 251 g/mol. The maximum absolute atomic E-state index is 4.55. The van der Waals surface area contributed by atoms with E-state index in [1.807, 2.05) is 16.9 Å². The summed E-state index contributed by atoms with van der Waals surface area (Å²) >= 11 is 0. The molecule has 0 bridgehead atoms. The van der Waals surface area contributed by atoms with Crippen molar-refractivity contribution in [3.8, 4) is 0 Å². The van der Waals surface area contributed by atoms with E-state index in [4.69, 9.17) is 0 Å². The predicted molar refractivity (Wildman–Crippen MR) is 75.7 cm³/mol. The zero-order chi connectivity index (χ0) is 13.4. The molecular formula is C13H25N5. The molecule has 1 heterocycles. The van der Waals surface area contributed by atoms with Crippen LogP contribution in [0.4, 0.5) is 0 Å². The van der Waals surface area contributed by atoms with Crippen LogP contribution < -0.4 is 10.6 Å². The highest BCUT2D eigenvalue weighted by atomic mass is 15.3. The Morgan fingerprint density at radius 2 is 2.17 bits per heavy atom. The largest absolute Gasteiger partial charge is 0.357 e. The Morgan fingerprint density at radius 1 is 1.39 bits per heavy atom. The molecule has 0 saturated heterocycles. The molecule has 0 radical (unpaired) electrons. The second kappa shape index (κ2) is 7.03. The molecule has 0 unspecified atom stereocenters. The molecule has 1 aromatic heterocycles. The summed E-state index contributed by atoms with van der Waals surface area (Å²) in [5.41, 5.74) is 0.0307. The summed E-state index contributed by atoms with van der Waals surface area (Å²) in [7, 11) is 0. The van der Waals surface area contributed by atoms with Gasteiger partial charge in [-0.1, -0.05) is 0 Å². The number of guanidine groups is 1. The van der Waals surface area contributed by atoms with Gasteiger partial charge in [0.1, 0.15) is 0 Å². The average Bonchev–Trinajstić information content (AvgIpc) is 2.75. The number of hydrogen-bond donors (Lipinski definition) is 2. The van der Waals surface area contributed by atoms with Crippen molar-refractivity contribution >= 4 is 5.96 Å². The Hall–Kier alpha value is -1.52. The van der Waals surface area contributed by atoms with Gasteiger partial charge in [0.15, 0.2) is 5.96 Å². The van der Waals surface area contributed by atoms with Crippen molar-refractivity contribution in [3.63, 3.8) is 0 Å². The van der Waals surface area contributed by atoms with Crippen LogP contribution in [0.25, 0.3) is 0 Å². The monoisotopic (exact) mass is 251 g/mol. The molecule has 0 aliphatic heterocycles.